The number of carbonyl (C=O) groups excluding carboxylic acids is 1. The summed E-state index contributed by atoms with van der Waals surface area (Å²) in [5, 5.41) is 12.1. The van der Waals surface area contributed by atoms with E-state index < -0.39 is 5.91 Å². The van der Waals surface area contributed by atoms with E-state index in [9.17, 15) is 10.1 Å². The van der Waals surface area contributed by atoms with Crippen molar-refractivity contribution in [3.05, 3.63) is 90.0 Å². The number of hydrogen-bond acceptors (Lipinski definition) is 4. The van der Waals surface area contributed by atoms with Gasteiger partial charge in [0.2, 0.25) is 0 Å². The van der Waals surface area contributed by atoms with Crippen LogP contribution in [0.1, 0.15) is 12.5 Å². The number of rotatable bonds is 7. The molecule has 144 valence electrons. The molecular weight excluding hydrogens is 364 g/mol. The summed E-state index contributed by atoms with van der Waals surface area (Å²) in [6.07, 6.45) is 1.53. The molecule has 0 bridgehead atoms. The van der Waals surface area contributed by atoms with Crippen molar-refractivity contribution in [2.75, 3.05) is 11.9 Å². The maximum atomic E-state index is 12.5. The molecule has 0 atom stereocenters. The molecule has 29 heavy (non-hydrogen) atoms. The van der Waals surface area contributed by atoms with Gasteiger partial charge in [-0.25, -0.2) is 0 Å². The summed E-state index contributed by atoms with van der Waals surface area (Å²) in [5.74, 6) is 1.57. The van der Waals surface area contributed by atoms with Crippen LogP contribution in [0, 0.1) is 11.3 Å². The van der Waals surface area contributed by atoms with E-state index in [0.29, 0.717) is 29.4 Å². The van der Waals surface area contributed by atoms with E-state index in [1.807, 2.05) is 55.5 Å². The topological polar surface area (TPSA) is 71.3 Å². The summed E-state index contributed by atoms with van der Waals surface area (Å²) in [6.45, 7) is 2.47. The number of hydrogen-bond donors (Lipinski definition) is 1. The molecule has 0 aliphatic rings. The van der Waals surface area contributed by atoms with Crippen LogP contribution >= 0.6 is 0 Å². The van der Waals surface area contributed by atoms with Gasteiger partial charge in [0, 0.05) is 5.69 Å². The molecule has 0 saturated heterocycles. The average molecular weight is 384 g/mol. The molecule has 1 N–H and O–H groups in total. The van der Waals surface area contributed by atoms with E-state index in [2.05, 4.69) is 5.32 Å². The van der Waals surface area contributed by atoms with Gasteiger partial charge in [-0.05, 0) is 67.1 Å². The number of ether oxygens (including phenoxy) is 2. The first-order chi connectivity index (χ1) is 14.2. The van der Waals surface area contributed by atoms with Crippen molar-refractivity contribution in [1.82, 2.24) is 0 Å². The van der Waals surface area contributed by atoms with Crippen LogP contribution in [0.2, 0.25) is 0 Å². The maximum Gasteiger partial charge on any atom is 0.266 e. The highest BCUT2D eigenvalue weighted by atomic mass is 16.5. The molecule has 5 heteroatoms. The highest BCUT2D eigenvalue weighted by molar-refractivity contribution is 6.09. The minimum absolute atomic E-state index is 0.00394. The quantitative estimate of drug-likeness (QED) is 0.436. The van der Waals surface area contributed by atoms with E-state index in [-0.39, 0.29) is 5.57 Å². The Morgan fingerprint density at radius 2 is 1.69 bits per heavy atom. The fraction of sp³-hybridized carbons (Fsp3) is 0.0833. The summed E-state index contributed by atoms with van der Waals surface area (Å²) >= 11 is 0. The van der Waals surface area contributed by atoms with E-state index >= 15 is 0 Å². The summed E-state index contributed by atoms with van der Waals surface area (Å²) in [7, 11) is 0. The lowest BCUT2D eigenvalue weighted by Gasteiger charge is -2.07. The van der Waals surface area contributed by atoms with E-state index in [1.165, 1.54) is 6.08 Å². The number of carbonyl (C=O) groups is 1. The Kier molecular flexibility index (Phi) is 6.64. The lowest BCUT2D eigenvalue weighted by molar-refractivity contribution is -0.112. The van der Waals surface area contributed by atoms with Crippen LogP contribution in [0.4, 0.5) is 5.69 Å². The van der Waals surface area contributed by atoms with Gasteiger partial charge in [0.25, 0.3) is 5.91 Å². The average Bonchev–Trinajstić information content (AvgIpc) is 2.74. The molecule has 0 fully saturated rings. The van der Waals surface area contributed by atoms with Gasteiger partial charge in [-0.3, -0.25) is 4.79 Å². The summed E-state index contributed by atoms with van der Waals surface area (Å²) < 4.78 is 11.2. The third-order valence-electron chi connectivity index (χ3n) is 3.94. The number of anilines is 1. The van der Waals surface area contributed by atoms with Gasteiger partial charge in [-0.1, -0.05) is 30.3 Å². The van der Waals surface area contributed by atoms with E-state index in [0.717, 1.165) is 5.75 Å². The Morgan fingerprint density at radius 3 is 2.38 bits per heavy atom. The minimum Gasteiger partial charge on any atom is -0.494 e. The Labute approximate surface area is 169 Å². The molecule has 1 amide bonds. The van der Waals surface area contributed by atoms with Crippen molar-refractivity contribution in [3.63, 3.8) is 0 Å². The first kappa shape index (κ1) is 19.7. The molecule has 3 aromatic rings. The van der Waals surface area contributed by atoms with Gasteiger partial charge in [-0.15, -0.1) is 0 Å². The van der Waals surface area contributed by atoms with Crippen LogP contribution in [0.25, 0.3) is 6.08 Å². The van der Waals surface area contributed by atoms with Crippen molar-refractivity contribution in [2.45, 2.75) is 6.92 Å². The predicted octanol–water partition coefficient (Wildman–Crippen LogP) is 5.42. The van der Waals surface area contributed by atoms with Crippen LogP contribution in [0.3, 0.4) is 0 Å². The Hall–Kier alpha value is -4.04. The van der Waals surface area contributed by atoms with Crippen molar-refractivity contribution in [2.24, 2.45) is 0 Å². The Morgan fingerprint density at radius 1 is 0.966 bits per heavy atom. The number of para-hydroxylation sites is 1. The fourth-order valence-electron chi connectivity index (χ4n) is 2.61. The van der Waals surface area contributed by atoms with Gasteiger partial charge >= 0.3 is 0 Å². The summed E-state index contributed by atoms with van der Waals surface area (Å²) in [4.78, 5) is 12.5. The molecule has 0 unspecified atom stereocenters. The number of nitrogens with zero attached hydrogens (tertiary/aromatic N) is 1. The van der Waals surface area contributed by atoms with E-state index in [4.69, 9.17) is 9.47 Å². The molecule has 0 aliphatic carbocycles. The predicted molar refractivity (Wildman–Crippen MR) is 113 cm³/mol. The molecule has 0 spiro atoms. The number of benzene rings is 3. The number of nitrogens with one attached hydrogen (secondary N) is 1. The SMILES string of the molecule is CCOc1ccc(NC(=O)C(C#N)=Cc2cccc(Oc3ccccc3)c2)cc1. The first-order valence-corrected chi connectivity index (χ1v) is 9.17. The molecule has 5 nitrogen and oxygen atoms in total. The normalized spacial score (nSPS) is 10.7. The minimum atomic E-state index is -0.481. The van der Waals surface area contributed by atoms with Crippen molar-refractivity contribution >= 4 is 17.7 Å². The molecule has 0 heterocycles. The first-order valence-electron chi connectivity index (χ1n) is 9.17. The van der Waals surface area contributed by atoms with E-state index in [1.54, 1.807) is 36.4 Å². The van der Waals surface area contributed by atoms with Crippen molar-refractivity contribution in [1.29, 1.82) is 5.26 Å². The molecule has 3 rings (SSSR count). The summed E-state index contributed by atoms with van der Waals surface area (Å²) in [5.41, 5.74) is 1.27. The second-order valence-electron chi connectivity index (χ2n) is 6.07. The zero-order valence-corrected chi connectivity index (χ0v) is 16.0. The maximum absolute atomic E-state index is 12.5. The van der Waals surface area contributed by atoms with Gasteiger partial charge < -0.3 is 14.8 Å². The number of nitriles is 1. The van der Waals surface area contributed by atoms with Crippen molar-refractivity contribution in [3.8, 4) is 23.3 Å². The number of amides is 1. The monoisotopic (exact) mass is 384 g/mol. The largest absolute Gasteiger partial charge is 0.494 e. The third-order valence-corrected chi connectivity index (χ3v) is 3.94. The lowest BCUT2D eigenvalue weighted by Crippen LogP contribution is -2.13. The second-order valence-corrected chi connectivity index (χ2v) is 6.07. The fourth-order valence-corrected chi connectivity index (χ4v) is 2.61. The van der Waals surface area contributed by atoms with Crippen molar-refractivity contribution < 1.29 is 14.3 Å². The Bertz CT molecular complexity index is 1040. The molecule has 0 aromatic heterocycles. The van der Waals surface area contributed by atoms with Gasteiger partial charge in [0.1, 0.15) is 28.9 Å². The van der Waals surface area contributed by atoms with Crippen LogP contribution in [-0.2, 0) is 4.79 Å². The molecule has 3 aromatic carbocycles. The van der Waals surface area contributed by atoms with Crippen LogP contribution in [0.5, 0.6) is 17.2 Å². The van der Waals surface area contributed by atoms with Crippen LogP contribution in [0.15, 0.2) is 84.4 Å². The highest BCUT2D eigenvalue weighted by Crippen LogP contribution is 2.23. The standard InChI is InChI=1S/C24H20N2O3/c1-2-28-21-13-11-20(12-14-21)26-24(27)19(17-25)15-18-7-6-10-23(16-18)29-22-8-4-3-5-9-22/h3-16H,2H2,1H3,(H,26,27). The smallest absolute Gasteiger partial charge is 0.266 e. The third kappa shape index (κ3) is 5.72. The second kappa shape index (κ2) is 9.77. The zero-order chi connectivity index (χ0) is 20.5. The van der Waals surface area contributed by atoms with Crippen LogP contribution < -0.4 is 14.8 Å². The lowest BCUT2D eigenvalue weighted by atomic mass is 10.1. The Balaban J connectivity index is 1.72. The molecule has 0 radical (unpaired) electrons. The molecule has 0 saturated carbocycles. The summed E-state index contributed by atoms with van der Waals surface area (Å²) in [6, 6.07) is 25.5. The van der Waals surface area contributed by atoms with Crippen LogP contribution in [-0.4, -0.2) is 12.5 Å². The molecule has 0 aliphatic heterocycles. The zero-order valence-electron chi connectivity index (χ0n) is 16.0. The van der Waals surface area contributed by atoms with Gasteiger partial charge in [-0.2, -0.15) is 5.26 Å². The van der Waals surface area contributed by atoms with Gasteiger partial charge in [0.05, 0.1) is 6.61 Å². The van der Waals surface area contributed by atoms with Gasteiger partial charge in [0.15, 0.2) is 0 Å². The highest BCUT2D eigenvalue weighted by Gasteiger charge is 2.10. The molecular formula is C24H20N2O3.